The van der Waals surface area contributed by atoms with Crippen LogP contribution < -0.4 is 0 Å². The van der Waals surface area contributed by atoms with Crippen LogP contribution in [-0.4, -0.2) is 29.6 Å². The molecule has 1 nitrogen and oxygen atoms in total. The predicted octanol–water partition coefficient (Wildman–Crippen LogP) is 3.38. The summed E-state index contributed by atoms with van der Waals surface area (Å²) in [5, 5.41) is -0.134. The lowest BCUT2D eigenvalue weighted by Crippen LogP contribution is -2.23. The third-order valence-corrected chi connectivity index (χ3v) is 2.58. The third kappa shape index (κ3) is 8.72. The molecule has 0 radical (unpaired) electrons. The van der Waals surface area contributed by atoms with Gasteiger partial charge in [0.05, 0.1) is 0 Å². The quantitative estimate of drug-likeness (QED) is 0.506. The molecule has 0 aromatic carbocycles. The maximum atomic E-state index is 12.9. The fraction of sp³-hybridized carbons (Fsp3) is 0.889. The average Bonchev–Trinajstić information content (AvgIpc) is 2.11. The molecule has 0 N–H and O–H groups in total. The molecule has 6 heteroatoms. The van der Waals surface area contributed by atoms with Crippen molar-refractivity contribution in [3.8, 4) is 0 Å². The first-order valence-corrected chi connectivity index (χ1v) is 5.57. The van der Waals surface area contributed by atoms with Crippen LogP contribution in [0.25, 0.3) is 0 Å². The van der Waals surface area contributed by atoms with E-state index in [9.17, 15) is 22.4 Å². The van der Waals surface area contributed by atoms with Crippen LogP contribution in [0.15, 0.2) is 0 Å². The third-order valence-electron chi connectivity index (χ3n) is 1.68. The Kier molecular flexibility index (Phi) is 6.96. The molecule has 0 bridgehead atoms. The summed E-state index contributed by atoms with van der Waals surface area (Å²) in [5.41, 5.74) is 0. The van der Waals surface area contributed by atoms with Crippen molar-refractivity contribution in [2.24, 2.45) is 0 Å². The van der Waals surface area contributed by atoms with Gasteiger partial charge in [0.15, 0.2) is 5.12 Å². The van der Waals surface area contributed by atoms with Gasteiger partial charge in [-0.3, -0.25) is 4.79 Å². The first-order valence-electron chi connectivity index (χ1n) is 4.58. The Morgan fingerprint density at radius 3 is 2.53 bits per heavy atom. The van der Waals surface area contributed by atoms with E-state index in [2.05, 4.69) is 0 Å². The predicted molar refractivity (Wildman–Crippen MR) is 52.8 cm³/mol. The van der Waals surface area contributed by atoms with Crippen molar-refractivity contribution in [1.29, 1.82) is 0 Å². The molecule has 0 aliphatic rings. The molecule has 0 heterocycles. The highest BCUT2D eigenvalue weighted by Crippen LogP contribution is 2.28. The first-order chi connectivity index (χ1) is 6.87. The largest absolute Gasteiger partial charge is 0.288 e. The van der Waals surface area contributed by atoms with Crippen molar-refractivity contribution in [3.05, 3.63) is 0 Å². The van der Waals surface area contributed by atoms with Gasteiger partial charge in [0.2, 0.25) is 0 Å². The number of alkyl halides is 4. The lowest BCUT2D eigenvalue weighted by atomic mass is 10.1. The van der Waals surface area contributed by atoms with Gasteiger partial charge in [-0.25, -0.2) is 17.6 Å². The van der Waals surface area contributed by atoms with Crippen molar-refractivity contribution >= 4 is 16.9 Å². The first kappa shape index (κ1) is 14.7. The Morgan fingerprint density at radius 1 is 1.47 bits per heavy atom. The van der Waals surface area contributed by atoms with Gasteiger partial charge >= 0.3 is 0 Å². The minimum Gasteiger partial charge on any atom is -0.288 e. The fourth-order valence-corrected chi connectivity index (χ4v) is 1.60. The molecule has 1 unspecified atom stereocenters. The topological polar surface area (TPSA) is 17.1 Å². The van der Waals surface area contributed by atoms with Crippen LogP contribution in [-0.2, 0) is 4.79 Å². The number of hydrogen-bond donors (Lipinski definition) is 0. The number of carbonyl (C=O) groups is 1. The highest BCUT2D eigenvalue weighted by molar-refractivity contribution is 8.13. The highest BCUT2D eigenvalue weighted by atomic mass is 32.2. The van der Waals surface area contributed by atoms with Crippen molar-refractivity contribution in [1.82, 2.24) is 0 Å². The van der Waals surface area contributed by atoms with E-state index in [1.54, 1.807) is 0 Å². The summed E-state index contributed by atoms with van der Waals surface area (Å²) in [6.45, 7) is -0.0265. The van der Waals surface area contributed by atoms with Crippen LogP contribution in [0.1, 0.15) is 26.2 Å². The molecule has 15 heavy (non-hydrogen) atoms. The van der Waals surface area contributed by atoms with Gasteiger partial charge in [-0.15, -0.1) is 0 Å². The number of carbonyl (C=O) groups excluding carboxylic acids is 1. The summed E-state index contributed by atoms with van der Waals surface area (Å²) in [5.74, 6) is -2.89. The van der Waals surface area contributed by atoms with E-state index in [0.717, 1.165) is 11.8 Å². The van der Waals surface area contributed by atoms with E-state index in [0.29, 0.717) is 0 Å². The second kappa shape index (κ2) is 7.09. The second-order valence-electron chi connectivity index (χ2n) is 3.26. The summed E-state index contributed by atoms with van der Waals surface area (Å²) in [4.78, 5) is 10.5. The monoisotopic (exact) mass is 246 g/mol. The molecule has 0 aromatic rings. The highest BCUT2D eigenvalue weighted by Gasteiger charge is 2.32. The molecule has 0 aliphatic carbocycles. The van der Waals surface area contributed by atoms with Gasteiger partial charge in [-0.05, 0) is 6.42 Å². The maximum Gasteiger partial charge on any atom is 0.251 e. The molecule has 0 aliphatic heterocycles. The Bertz CT molecular complexity index is 199. The SMILES string of the molecule is CC(=O)SCCCC(F)(F)CC(F)CF. The number of rotatable bonds is 7. The Labute approximate surface area is 90.6 Å². The Balaban J connectivity index is 3.68. The molecule has 0 saturated carbocycles. The molecule has 0 fully saturated rings. The van der Waals surface area contributed by atoms with Crippen LogP contribution in [0.3, 0.4) is 0 Å². The zero-order valence-corrected chi connectivity index (χ0v) is 9.26. The molecule has 1 atom stereocenters. The van der Waals surface area contributed by atoms with Gasteiger partial charge in [0, 0.05) is 25.5 Å². The fourth-order valence-electron chi connectivity index (χ4n) is 1.03. The van der Waals surface area contributed by atoms with Gasteiger partial charge < -0.3 is 0 Å². The molecule has 90 valence electrons. The Morgan fingerprint density at radius 2 is 2.07 bits per heavy atom. The van der Waals surface area contributed by atoms with Gasteiger partial charge in [0.25, 0.3) is 5.92 Å². The van der Waals surface area contributed by atoms with Crippen molar-refractivity contribution < 1.29 is 22.4 Å². The Hall–Kier alpha value is -0.260. The lowest BCUT2D eigenvalue weighted by molar-refractivity contribution is -0.109. The maximum absolute atomic E-state index is 12.9. The molecule has 0 spiro atoms. The second-order valence-corrected chi connectivity index (χ2v) is 4.53. The van der Waals surface area contributed by atoms with Crippen molar-refractivity contribution in [3.63, 3.8) is 0 Å². The summed E-state index contributed by atoms with van der Waals surface area (Å²) in [7, 11) is 0. The minimum atomic E-state index is -3.18. The molecular formula is C9H14F4OS. The van der Waals surface area contributed by atoms with Gasteiger partial charge in [-0.1, -0.05) is 11.8 Å². The summed E-state index contributed by atoms with van der Waals surface area (Å²) >= 11 is 0.957. The van der Waals surface area contributed by atoms with Gasteiger partial charge in [-0.2, -0.15) is 0 Å². The molecule has 0 amide bonds. The molecule has 0 aromatic heterocycles. The van der Waals surface area contributed by atoms with Crippen molar-refractivity contribution in [2.75, 3.05) is 12.4 Å². The number of thioether (sulfide) groups is 1. The summed E-state index contributed by atoms with van der Waals surface area (Å²) < 4.78 is 49.8. The summed E-state index contributed by atoms with van der Waals surface area (Å²) in [6, 6.07) is 0. The van der Waals surface area contributed by atoms with Crippen LogP contribution in [0, 0.1) is 0 Å². The molecular weight excluding hydrogens is 232 g/mol. The lowest BCUT2D eigenvalue weighted by Gasteiger charge is -2.16. The zero-order chi connectivity index (χ0) is 11.9. The van der Waals surface area contributed by atoms with E-state index >= 15 is 0 Å². The molecule has 0 rings (SSSR count). The molecule has 0 saturated heterocycles. The smallest absolute Gasteiger partial charge is 0.251 e. The van der Waals surface area contributed by atoms with Gasteiger partial charge in [0.1, 0.15) is 12.8 Å². The van der Waals surface area contributed by atoms with E-state index in [1.165, 1.54) is 6.92 Å². The van der Waals surface area contributed by atoms with Crippen LogP contribution in [0.4, 0.5) is 17.6 Å². The standard InChI is InChI=1S/C9H14F4OS/c1-7(14)15-4-2-3-9(12,13)5-8(11)6-10/h8H,2-6H2,1H3. The van der Waals surface area contributed by atoms with Crippen LogP contribution in [0.5, 0.6) is 0 Å². The van der Waals surface area contributed by atoms with Crippen LogP contribution >= 0.6 is 11.8 Å². The normalized spacial score (nSPS) is 13.9. The van der Waals surface area contributed by atoms with E-state index in [-0.39, 0.29) is 17.3 Å². The summed E-state index contributed by atoms with van der Waals surface area (Å²) in [6.07, 6.45) is -3.56. The van der Waals surface area contributed by atoms with E-state index < -0.39 is 31.6 Å². The van der Waals surface area contributed by atoms with E-state index in [1.807, 2.05) is 0 Å². The van der Waals surface area contributed by atoms with E-state index in [4.69, 9.17) is 0 Å². The number of halogens is 4. The number of hydrogen-bond acceptors (Lipinski definition) is 2. The minimum absolute atomic E-state index is 0.121. The van der Waals surface area contributed by atoms with Crippen molar-refractivity contribution in [2.45, 2.75) is 38.3 Å². The average molecular weight is 246 g/mol. The van der Waals surface area contributed by atoms with Crippen LogP contribution in [0.2, 0.25) is 0 Å². The zero-order valence-electron chi connectivity index (χ0n) is 8.44.